The first-order chi connectivity index (χ1) is 10.9. The molecule has 6 heteroatoms. The van der Waals surface area contributed by atoms with E-state index in [2.05, 4.69) is 9.97 Å². The number of amides is 1. The first kappa shape index (κ1) is 16.2. The minimum absolute atomic E-state index is 0.215. The maximum absolute atomic E-state index is 12.2. The van der Waals surface area contributed by atoms with Crippen molar-refractivity contribution in [2.24, 2.45) is 0 Å². The normalized spacial score (nSPS) is 19.1. The van der Waals surface area contributed by atoms with E-state index in [0.29, 0.717) is 11.8 Å². The second-order valence-electron chi connectivity index (χ2n) is 6.87. The monoisotopic (exact) mass is 333 g/mol. The number of H-pyrrole nitrogens is 1. The molecule has 2 aromatic rings. The van der Waals surface area contributed by atoms with Crippen molar-refractivity contribution in [1.82, 2.24) is 14.9 Å². The Morgan fingerprint density at radius 3 is 2.91 bits per heavy atom. The van der Waals surface area contributed by atoms with Crippen molar-refractivity contribution in [3.05, 3.63) is 24.3 Å². The highest BCUT2D eigenvalue weighted by Crippen LogP contribution is 2.29. The largest absolute Gasteiger partial charge is 0.444 e. The van der Waals surface area contributed by atoms with Gasteiger partial charge in [0.2, 0.25) is 0 Å². The lowest BCUT2D eigenvalue weighted by Crippen LogP contribution is -2.43. The lowest BCUT2D eigenvalue weighted by molar-refractivity contribution is 0.0220. The molecule has 23 heavy (non-hydrogen) atoms. The van der Waals surface area contributed by atoms with Crippen LogP contribution in [-0.2, 0) is 4.74 Å². The molecule has 1 fully saturated rings. The number of carbonyl (C=O) groups excluding carboxylic acids is 1. The molecule has 0 spiro atoms. The number of ether oxygens (including phenoxy) is 1. The Morgan fingerprint density at radius 1 is 1.39 bits per heavy atom. The van der Waals surface area contributed by atoms with Crippen LogP contribution in [0.5, 0.6) is 0 Å². The third kappa shape index (κ3) is 4.19. The molecule has 1 atom stereocenters. The number of benzene rings is 1. The number of piperidine rings is 1. The van der Waals surface area contributed by atoms with Gasteiger partial charge < -0.3 is 14.6 Å². The zero-order chi connectivity index (χ0) is 16.4. The van der Waals surface area contributed by atoms with Crippen LogP contribution >= 0.6 is 11.8 Å². The highest BCUT2D eigenvalue weighted by molar-refractivity contribution is 7.99. The molecule has 1 aromatic heterocycles. The lowest BCUT2D eigenvalue weighted by Gasteiger charge is -2.33. The number of fused-ring (bicyclic) bond motifs is 1. The van der Waals surface area contributed by atoms with Gasteiger partial charge in [0.25, 0.3) is 0 Å². The van der Waals surface area contributed by atoms with Crippen molar-refractivity contribution in [2.45, 2.75) is 49.6 Å². The van der Waals surface area contributed by atoms with Crippen LogP contribution < -0.4 is 0 Å². The number of imidazole rings is 1. The quantitative estimate of drug-likeness (QED) is 0.900. The molecule has 1 N–H and O–H groups in total. The summed E-state index contributed by atoms with van der Waals surface area (Å²) in [7, 11) is 0. The third-order valence-electron chi connectivity index (χ3n) is 3.68. The average molecular weight is 333 g/mol. The highest BCUT2D eigenvalue weighted by Gasteiger charge is 2.28. The molecule has 0 saturated carbocycles. The maximum atomic E-state index is 12.2. The summed E-state index contributed by atoms with van der Waals surface area (Å²) >= 11 is 1.71. The molecule has 1 amide bonds. The van der Waals surface area contributed by atoms with Crippen LogP contribution in [0.3, 0.4) is 0 Å². The van der Waals surface area contributed by atoms with Gasteiger partial charge in [0.15, 0.2) is 5.16 Å². The van der Waals surface area contributed by atoms with Gasteiger partial charge in [-0.15, -0.1) is 0 Å². The fraction of sp³-hybridized carbons (Fsp3) is 0.529. The number of thioether (sulfide) groups is 1. The third-order valence-corrected chi connectivity index (χ3v) is 4.81. The number of aromatic nitrogens is 2. The minimum atomic E-state index is -0.449. The van der Waals surface area contributed by atoms with Crippen molar-refractivity contribution < 1.29 is 9.53 Å². The average Bonchev–Trinajstić information content (AvgIpc) is 2.88. The van der Waals surface area contributed by atoms with E-state index >= 15 is 0 Å². The topological polar surface area (TPSA) is 58.2 Å². The summed E-state index contributed by atoms with van der Waals surface area (Å²) in [4.78, 5) is 22.0. The molecule has 124 valence electrons. The van der Waals surface area contributed by atoms with E-state index in [-0.39, 0.29) is 6.09 Å². The summed E-state index contributed by atoms with van der Waals surface area (Å²) in [5.74, 6) is 0. The fourth-order valence-electron chi connectivity index (χ4n) is 2.67. The Morgan fingerprint density at radius 2 is 2.17 bits per heavy atom. The maximum Gasteiger partial charge on any atom is 0.410 e. The van der Waals surface area contributed by atoms with E-state index in [1.54, 1.807) is 11.8 Å². The lowest BCUT2D eigenvalue weighted by atomic mass is 10.1. The van der Waals surface area contributed by atoms with Crippen LogP contribution in [0.25, 0.3) is 11.0 Å². The molecule has 0 aliphatic carbocycles. The smallest absolute Gasteiger partial charge is 0.410 e. The van der Waals surface area contributed by atoms with Crippen molar-refractivity contribution in [3.63, 3.8) is 0 Å². The van der Waals surface area contributed by atoms with Gasteiger partial charge >= 0.3 is 6.09 Å². The molecule has 1 saturated heterocycles. The van der Waals surface area contributed by atoms with Gasteiger partial charge in [0.1, 0.15) is 5.60 Å². The number of rotatable bonds is 2. The van der Waals surface area contributed by atoms with E-state index < -0.39 is 5.60 Å². The predicted octanol–water partition coefficient (Wildman–Crippen LogP) is 4.05. The molecule has 3 rings (SSSR count). The summed E-state index contributed by atoms with van der Waals surface area (Å²) in [6.07, 6.45) is 1.87. The molecule has 0 bridgehead atoms. The number of aromatic amines is 1. The standard InChI is InChI=1S/C17H23N3O2S/c1-17(2,3)22-16(21)20-10-6-7-12(11-20)23-15-18-13-8-4-5-9-14(13)19-15/h4-5,8-9,12H,6-7,10-11H2,1-3H3,(H,18,19). The van der Waals surface area contributed by atoms with Crippen molar-refractivity contribution in [1.29, 1.82) is 0 Å². The molecular formula is C17H23N3O2S. The summed E-state index contributed by atoms with van der Waals surface area (Å²) in [5, 5.41) is 1.26. The number of likely N-dealkylation sites (tertiary alicyclic amines) is 1. The van der Waals surface area contributed by atoms with Gasteiger partial charge in [-0.25, -0.2) is 9.78 Å². The van der Waals surface area contributed by atoms with Crippen LogP contribution in [0, 0.1) is 0 Å². The Balaban J connectivity index is 1.63. The molecule has 2 heterocycles. The van der Waals surface area contributed by atoms with Crippen molar-refractivity contribution in [3.8, 4) is 0 Å². The Bertz CT molecular complexity index is 659. The second-order valence-corrected chi connectivity index (χ2v) is 8.16. The number of para-hydroxylation sites is 2. The fourth-order valence-corrected chi connectivity index (χ4v) is 3.84. The van der Waals surface area contributed by atoms with E-state index in [9.17, 15) is 4.79 Å². The first-order valence-electron chi connectivity index (χ1n) is 8.00. The van der Waals surface area contributed by atoms with E-state index in [4.69, 9.17) is 4.74 Å². The molecule has 1 aromatic carbocycles. The molecule has 1 aliphatic rings. The van der Waals surface area contributed by atoms with Crippen LogP contribution in [-0.4, -0.2) is 44.9 Å². The van der Waals surface area contributed by atoms with Gasteiger partial charge in [0.05, 0.1) is 11.0 Å². The molecular weight excluding hydrogens is 310 g/mol. The van der Waals surface area contributed by atoms with Crippen LogP contribution in [0.4, 0.5) is 4.79 Å². The number of nitrogens with one attached hydrogen (secondary N) is 1. The number of carbonyl (C=O) groups is 1. The van der Waals surface area contributed by atoms with Gasteiger partial charge in [-0.2, -0.15) is 0 Å². The van der Waals surface area contributed by atoms with Gasteiger partial charge in [0, 0.05) is 18.3 Å². The molecule has 1 aliphatic heterocycles. The summed E-state index contributed by atoms with van der Waals surface area (Å²) < 4.78 is 5.48. The molecule has 0 radical (unpaired) electrons. The van der Waals surface area contributed by atoms with Crippen molar-refractivity contribution >= 4 is 28.9 Å². The number of hydrogen-bond acceptors (Lipinski definition) is 4. The van der Waals surface area contributed by atoms with Crippen LogP contribution in [0.1, 0.15) is 33.6 Å². The summed E-state index contributed by atoms with van der Waals surface area (Å²) in [5.41, 5.74) is 1.58. The SMILES string of the molecule is CC(C)(C)OC(=O)N1CCCC(Sc2nc3ccccc3[nH]2)C1. The second kappa shape index (κ2) is 6.43. The predicted molar refractivity (Wildman–Crippen MR) is 92.8 cm³/mol. The summed E-state index contributed by atoms with van der Waals surface area (Å²) in [6.45, 7) is 7.17. The zero-order valence-corrected chi connectivity index (χ0v) is 14.7. The van der Waals surface area contributed by atoms with Gasteiger partial charge in [-0.3, -0.25) is 0 Å². The van der Waals surface area contributed by atoms with Crippen LogP contribution in [0.2, 0.25) is 0 Å². The number of nitrogens with zero attached hydrogens (tertiary/aromatic N) is 2. The molecule has 5 nitrogen and oxygen atoms in total. The van der Waals surface area contributed by atoms with Gasteiger partial charge in [-0.05, 0) is 45.7 Å². The molecule has 1 unspecified atom stereocenters. The minimum Gasteiger partial charge on any atom is -0.444 e. The van der Waals surface area contributed by atoms with Crippen LogP contribution in [0.15, 0.2) is 29.4 Å². The Labute approximate surface area is 140 Å². The summed E-state index contributed by atoms with van der Waals surface area (Å²) in [6, 6.07) is 8.02. The number of hydrogen-bond donors (Lipinski definition) is 1. The first-order valence-corrected chi connectivity index (χ1v) is 8.88. The van der Waals surface area contributed by atoms with Crippen molar-refractivity contribution in [2.75, 3.05) is 13.1 Å². The van der Waals surface area contributed by atoms with E-state index in [1.807, 2.05) is 49.9 Å². The highest BCUT2D eigenvalue weighted by atomic mass is 32.2. The van der Waals surface area contributed by atoms with Gasteiger partial charge in [-0.1, -0.05) is 23.9 Å². The van der Waals surface area contributed by atoms with E-state index in [0.717, 1.165) is 35.6 Å². The zero-order valence-electron chi connectivity index (χ0n) is 13.8. The van der Waals surface area contributed by atoms with E-state index in [1.165, 1.54) is 0 Å². The Kier molecular flexibility index (Phi) is 4.53. The Hall–Kier alpha value is -1.69.